The number of benzene rings is 1. The minimum atomic E-state index is -0.109. The number of halogens is 1. The fraction of sp³-hybridized carbons (Fsp3) is 0.500. The third kappa shape index (κ3) is 4.09. The van der Waals surface area contributed by atoms with Crippen molar-refractivity contribution in [2.75, 3.05) is 24.5 Å². The van der Waals surface area contributed by atoms with Crippen molar-refractivity contribution < 1.29 is 4.79 Å². The molecule has 0 atom stereocenters. The predicted octanol–water partition coefficient (Wildman–Crippen LogP) is 3.08. The highest BCUT2D eigenvalue weighted by molar-refractivity contribution is 6.30. The number of carbonyl (C=O) groups excluding carboxylic acids is 1. The highest BCUT2D eigenvalue weighted by Gasteiger charge is 2.37. The summed E-state index contributed by atoms with van der Waals surface area (Å²) in [7, 11) is 0. The lowest BCUT2D eigenvalue weighted by Crippen LogP contribution is -2.42. The van der Waals surface area contributed by atoms with Gasteiger partial charge in [-0.15, -0.1) is 0 Å². The Morgan fingerprint density at radius 3 is 2.66 bits per heavy atom. The summed E-state index contributed by atoms with van der Waals surface area (Å²) in [5.41, 5.74) is 7.17. The molecule has 0 amide bonds. The topological polar surface area (TPSA) is 81.2 Å². The maximum atomic E-state index is 12.5. The zero-order valence-corrected chi connectivity index (χ0v) is 17.3. The molecular weight excluding hydrogens is 388 g/mol. The van der Waals surface area contributed by atoms with E-state index in [2.05, 4.69) is 11.2 Å². The number of hydrogen-bond donors (Lipinski definition) is 1. The van der Waals surface area contributed by atoms with Gasteiger partial charge in [-0.05, 0) is 55.9 Å². The van der Waals surface area contributed by atoms with Crippen molar-refractivity contribution >= 4 is 23.2 Å². The third-order valence-corrected chi connectivity index (χ3v) is 6.71. The maximum Gasteiger partial charge on any atom is 0.267 e. The number of hydrogen-bond acceptors (Lipinski definition) is 5. The molecule has 29 heavy (non-hydrogen) atoms. The smallest absolute Gasteiger partial charge is 0.267 e. The molecule has 2 aliphatic rings. The molecule has 0 bridgehead atoms. The van der Waals surface area contributed by atoms with Crippen molar-refractivity contribution in [2.45, 2.75) is 50.0 Å². The van der Waals surface area contributed by atoms with E-state index in [1.165, 1.54) is 5.56 Å². The van der Waals surface area contributed by atoms with E-state index in [0.29, 0.717) is 25.3 Å². The van der Waals surface area contributed by atoms with Crippen LogP contribution in [0, 0.1) is 0 Å². The minimum absolute atomic E-state index is 0.0433. The van der Waals surface area contributed by atoms with E-state index in [0.717, 1.165) is 43.7 Å². The monoisotopic (exact) mass is 414 g/mol. The molecule has 1 saturated heterocycles. The molecule has 2 heterocycles. The van der Waals surface area contributed by atoms with Gasteiger partial charge in [0.15, 0.2) is 5.78 Å². The molecular formula is C22H27ClN4O2. The molecule has 1 aromatic carbocycles. The quantitative estimate of drug-likeness (QED) is 0.831. The van der Waals surface area contributed by atoms with Gasteiger partial charge in [0, 0.05) is 36.0 Å². The van der Waals surface area contributed by atoms with Crippen LogP contribution in [0.3, 0.4) is 0 Å². The first kappa shape index (κ1) is 20.1. The molecule has 0 unspecified atom stereocenters. The summed E-state index contributed by atoms with van der Waals surface area (Å²) >= 11 is 6.20. The van der Waals surface area contributed by atoms with Crippen molar-refractivity contribution in [3.8, 4) is 0 Å². The van der Waals surface area contributed by atoms with E-state index in [4.69, 9.17) is 17.3 Å². The second-order valence-electron chi connectivity index (χ2n) is 8.26. The molecule has 1 aliphatic carbocycles. The van der Waals surface area contributed by atoms with Crippen molar-refractivity contribution in [1.82, 2.24) is 9.78 Å². The van der Waals surface area contributed by atoms with Gasteiger partial charge < -0.3 is 10.6 Å². The first-order valence-electron chi connectivity index (χ1n) is 10.3. The van der Waals surface area contributed by atoms with Crippen LogP contribution in [0.25, 0.3) is 0 Å². The van der Waals surface area contributed by atoms with Gasteiger partial charge in [-0.25, -0.2) is 4.68 Å². The molecule has 2 aromatic rings. The number of Topliss-reactive ketones (excluding diaryl/α,β-unsaturated/α-hetero) is 1. The summed E-state index contributed by atoms with van der Waals surface area (Å²) in [5, 5.41) is 5.36. The van der Waals surface area contributed by atoms with Crippen molar-refractivity contribution in [1.29, 1.82) is 0 Å². The van der Waals surface area contributed by atoms with E-state index in [1.807, 2.05) is 23.1 Å². The molecule has 7 heteroatoms. The Balaban J connectivity index is 1.54. The van der Waals surface area contributed by atoms with Crippen LogP contribution in [0.5, 0.6) is 0 Å². The highest BCUT2D eigenvalue weighted by Crippen LogP contribution is 2.42. The largest absolute Gasteiger partial charge is 0.348 e. The Labute approximate surface area is 175 Å². The molecule has 6 nitrogen and oxygen atoms in total. The van der Waals surface area contributed by atoms with Gasteiger partial charge in [0.1, 0.15) is 5.82 Å². The molecule has 2 fully saturated rings. The second kappa shape index (κ2) is 8.28. The van der Waals surface area contributed by atoms with E-state index >= 15 is 0 Å². The van der Waals surface area contributed by atoms with Crippen molar-refractivity contribution in [3.63, 3.8) is 0 Å². The van der Waals surface area contributed by atoms with Crippen LogP contribution in [0.15, 0.2) is 41.2 Å². The summed E-state index contributed by atoms with van der Waals surface area (Å²) in [4.78, 5) is 26.3. The van der Waals surface area contributed by atoms with E-state index in [9.17, 15) is 9.59 Å². The van der Waals surface area contributed by atoms with E-state index < -0.39 is 0 Å². The molecule has 1 aromatic heterocycles. The third-order valence-electron chi connectivity index (χ3n) is 6.47. The first-order valence-corrected chi connectivity index (χ1v) is 10.7. The fourth-order valence-electron chi connectivity index (χ4n) is 4.71. The van der Waals surface area contributed by atoms with Gasteiger partial charge in [-0.1, -0.05) is 23.7 Å². The number of ketones is 1. The zero-order chi connectivity index (χ0) is 20.4. The van der Waals surface area contributed by atoms with Crippen LogP contribution in [0.2, 0.25) is 5.02 Å². The molecule has 154 valence electrons. The zero-order valence-electron chi connectivity index (χ0n) is 16.5. The molecule has 0 radical (unpaired) electrons. The number of rotatable bonds is 4. The van der Waals surface area contributed by atoms with Gasteiger partial charge in [-0.3, -0.25) is 9.59 Å². The Hall–Kier alpha value is -2.18. The highest BCUT2D eigenvalue weighted by atomic mass is 35.5. The Kier molecular flexibility index (Phi) is 5.74. The SMILES string of the molecule is NCC1(c2cccc(Cl)c2)CCC(n2nc(N3CCCC(=O)C3)ccc2=O)CC1. The Morgan fingerprint density at radius 2 is 1.97 bits per heavy atom. The van der Waals surface area contributed by atoms with E-state index in [-0.39, 0.29) is 22.8 Å². The van der Waals surface area contributed by atoms with Gasteiger partial charge in [0.25, 0.3) is 5.56 Å². The number of aromatic nitrogens is 2. The normalized spacial score (nSPS) is 25.2. The predicted molar refractivity (Wildman–Crippen MR) is 115 cm³/mol. The van der Waals surface area contributed by atoms with Crippen LogP contribution >= 0.6 is 11.6 Å². The number of carbonyl (C=O) groups is 1. The van der Waals surface area contributed by atoms with E-state index in [1.54, 1.807) is 16.8 Å². The maximum absolute atomic E-state index is 12.5. The summed E-state index contributed by atoms with van der Waals surface area (Å²) in [5.74, 6) is 0.936. The fourth-order valence-corrected chi connectivity index (χ4v) is 4.90. The summed E-state index contributed by atoms with van der Waals surface area (Å²) in [6.07, 6.45) is 4.90. The van der Waals surface area contributed by atoms with Gasteiger partial charge in [0.05, 0.1) is 12.6 Å². The van der Waals surface area contributed by atoms with Gasteiger partial charge >= 0.3 is 0 Å². The van der Waals surface area contributed by atoms with Crippen LogP contribution in [-0.4, -0.2) is 35.2 Å². The number of anilines is 1. The molecule has 1 saturated carbocycles. The van der Waals surface area contributed by atoms with Gasteiger partial charge in [0.2, 0.25) is 0 Å². The summed E-state index contributed by atoms with van der Waals surface area (Å²) < 4.78 is 1.62. The molecule has 4 rings (SSSR count). The minimum Gasteiger partial charge on any atom is -0.348 e. The van der Waals surface area contributed by atoms with Crippen molar-refractivity contribution in [2.24, 2.45) is 5.73 Å². The summed E-state index contributed by atoms with van der Waals surface area (Å²) in [6, 6.07) is 11.3. The van der Waals surface area contributed by atoms with Crippen LogP contribution in [0.1, 0.15) is 50.1 Å². The standard InChI is InChI=1S/C22H27ClN4O2/c23-17-4-1-3-16(13-17)22(15-24)10-8-18(9-11-22)27-21(29)7-6-20(25-27)26-12-2-5-19(28)14-26/h1,3-4,6-7,13,18H,2,5,8-12,14-15,24H2. The Bertz CT molecular complexity index is 950. The Morgan fingerprint density at radius 1 is 1.17 bits per heavy atom. The van der Waals surface area contributed by atoms with Crippen LogP contribution in [-0.2, 0) is 10.2 Å². The van der Waals surface area contributed by atoms with Crippen molar-refractivity contribution in [3.05, 3.63) is 57.3 Å². The molecule has 0 spiro atoms. The first-order chi connectivity index (χ1) is 14.0. The van der Waals surface area contributed by atoms with Crippen LogP contribution in [0.4, 0.5) is 5.82 Å². The number of nitrogens with zero attached hydrogens (tertiary/aromatic N) is 3. The second-order valence-corrected chi connectivity index (χ2v) is 8.70. The molecule has 1 aliphatic heterocycles. The lowest BCUT2D eigenvalue weighted by Gasteiger charge is -2.40. The van der Waals surface area contributed by atoms with Gasteiger partial charge in [-0.2, -0.15) is 5.10 Å². The molecule has 2 N–H and O–H groups in total. The lowest BCUT2D eigenvalue weighted by molar-refractivity contribution is -0.118. The lowest BCUT2D eigenvalue weighted by atomic mass is 9.68. The number of piperidine rings is 1. The summed E-state index contributed by atoms with van der Waals surface area (Å²) in [6.45, 7) is 1.73. The van der Waals surface area contributed by atoms with Crippen LogP contribution < -0.4 is 16.2 Å². The average Bonchev–Trinajstić information content (AvgIpc) is 2.74. The number of nitrogens with two attached hydrogens (primary N) is 1. The average molecular weight is 415 g/mol.